The topological polar surface area (TPSA) is 98.4 Å². The number of carbonyl (C=O) groups excluding carboxylic acids is 3. The lowest BCUT2D eigenvalue weighted by Gasteiger charge is -2.32. The molecule has 1 aromatic heterocycles. The highest BCUT2D eigenvalue weighted by atomic mass is 16.2. The molecule has 0 radical (unpaired) electrons. The van der Waals surface area contributed by atoms with Gasteiger partial charge in [-0.3, -0.25) is 19.6 Å². The van der Waals surface area contributed by atoms with Crippen LogP contribution in [0, 0.1) is 0 Å². The molecule has 0 aromatic carbocycles. The van der Waals surface area contributed by atoms with E-state index in [4.69, 9.17) is 0 Å². The van der Waals surface area contributed by atoms with Crippen molar-refractivity contribution in [2.75, 3.05) is 26.2 Å². The van der Waals surface area contributed by atoms with Crippen molar-refractivity contribution in [2.45, 2.75) is 18.8 Å². The van der Waals surface area contributed by atoms with E-state index in [0.717, 1.165) is 23.4 Å². The highest BCUT2D eigenvalue weighted by molar-refractivity contribution is 6.04. The van der Waals surface area contributed by atoms with Crippen molar-refractivity contribution in [3.8, 4) is 0 Å². The van der Waals surface area contributed by atoms with E-state index in [1.807, 2.05) is 6.07 Å². The zero-order valence-corrected chi connectivity index (χ0v) is 11.5. The molecule has 0 unspecified atom stereocenters. The fourth-order valence-electron chi connectivity index (χ4n) is 2.80. The number of piperidine rings is 1. The number of hydrogen-bond acceptors (Lipinski definition) is 4. The molecule has 2 saturated heterocycles. The van der Waals surface area contributed by atoms with Crippen LogP contribution in [-0.2, 0) is 9.59 Å². The zero-order valence-electron chi connectivity index (χ0n) is 11.5. The molecule has 1 aromatic rings. The van der Waals surface area contributed by atoms with Gasteiger partial charge in [0, 0.05) is 30.9 Å². The van der Waals surface area contributed by atoms with E-state index in [0.29, 0.717) is 13.1 Å². The summed E-state index contributed by atoms with van der Waals surface area (Å²) in [6.45, 7) is 1.04. The highest BCUT2D eigenvalue weighted by Gasteiger charge is 2.33. The molecule has 4 amide bonds. The molecule has 1 atom stereocenters. The lowest BCUT2D eigenvalue weighted by atomic mass is 9.95. The summed E-state index contributed by atoms with van der Waals surface area (Å²) in [7, 11) is 0. The quantitative estimate of drug-likeness (QED) is 0.745. The maximum Gasteiger partial charge on any atom is 0.325 e. The molecule has 0 spiro atoms. The Labute approximate surface area is 121 Å². The molecule has 112 valence electrons. The van der Waals surface area contributed by atoms with Gasteiger partial charge < -0.3 is 10.2 Å². The first-order chi connectivity index (χ1) is 10.1. The summed E-state index contributed by atoms with van der Waals surface area (Å²) in [6, 6.07) is 1.42. The van der Waals surface area contributed by atoms with E-state index in [2.05, 4.69) is 15.5 Å². The van der Waals surface area contributed by atoms with Gasteiger partial charge in [-0.25, -0.2) is 4.79 Å². The summed E-state index contributed by atoms with van der Waals surface area (Å²) in [5.74, 6) is -0.312. The Morgan fingerprint density at radius 1 is 1.43 bits per heavy atom. The van der Waals surface area contributed by atoms with Gasteiger partial charge in [-0.1, -0.05) is 0 Å². The Bertz CT molecular complexity index is 540. The number of nitrogens with one attached hydrogen (secondary N) is 2. The summed E-state index contributed by atoms with van der Waals surface area (Å²) < 4.78 is 0. The van der Waals surface area contributed by atoms with Gasteiger partial charge in [-0.2, -0.15) is 5.10 Å². The van der Waals surface area contributed by atoms with E-state index >= 15 is 0 Å². The predicted octanol–water partition coefficient (Wildman–Crippen LogP) is -0.333. The maximum absolute atomic E-state index is 12.3. The van der Waals surface area contributed by atoms with Crippen molar-refractivity contribution in [1.82, 2.24) is 25.3 Å². The molecular formula is C13H17N5O3. The van der Waals surface area contributed by atoms with Crippen LogP contribution in [0.25, 0.3) is 0 Å². The third kappa shape index (κ3) is 2.74. The SMILES string of the molecule is O=C(CN1C(=O)CNC1=O)N1CCC[C@@H](c2ccn[nH]2)C1. The first kappa shape index (κ1) is 13.6. The van der Waals surface area contributed by atoms with E-state index < -0.39 is 6.03 Å². The number of likely N-dealkylation sites (tertiary alicyclic amines) is 1. The van der Waals surface area contributed by atoms with Crippen LogP contribution in [0.15, 0.2) is 12.3 Å². The number of imide groups is 1. The molecule has 8 heteroatoms. The number of urea groups is 1. The number of aromatic amines is 1. The predicted molar refractivity (Wildman–Crippen MR) is 72.3 cm³/mol. The van der Waals surface area contributed by atoms with Gasteiger partial charge in [0.25, 0.3) is 5.91 Å². The molecular weight excluding hydrogens is 274 g/mol. The van der Waals surface area contributed by atoms with Crippen molar-refractivity contribution in [3.05, 3.63) is 18.0 Å². The van der Waals surface area contributed by atoms with Crippen LogP contribution in [0.4, 0.5) is 4.79 Å². The lowest BCUT2D eigenvalue weighted by Crippen LogP contribution is -2.46. The van der Waals surface area contributed by atoms with Gasteiger partial charge in [0.05, 0.1) is 6.54 Å². The standard InChI is InChI=1S/C13H17N5O3/c19-11-6-14-13(21)18(11)8-12(20)17-5-1-2-9(7-17)10-3-4-15-16-10/h3-4,9H,1-2,5-8H2,(H,14,21)(H,15,16)/t9-/m1/s1. The number of aromatic nitrogens is 2. The van der Waals surface area contributed by atoms with Crippen molar-refractivity contribution in [3.63, 3.8) is 0 Å². The second-order valence-electron chi connectivity index (χ2n) is 5.33. The van der Waals surface area contributed by atoms with Gasteiger partial charge in [0.2, 0.25) is 5.91 Å². The molecule has 8 nitrogen and oxygen atoms in total. The van der Waals surface area contributed by atoms with Crippen LogP contribution in [0.2, 0.25) is 0 Å². The summed E-state index contributed by atoms with van der Waals surface area (Å²) in [4.78, 5) is 38.0. The first-order valence-electron chi connectivity index (χ1n) is 7.00. The van der Waals surface area contributed by atoms with E-state index in [-0.39, 0.29) is 30.8 Å². The fraction of sp³-hybridized carbons (Fsp3) is 0.538. The fourth-order valence-corrected chi connectivity index (χ4v) is 2.80. The zero-order chi connectivity index (χ0) is 14.8. The van der Waals surface area contributed by atoms with Gasteiger partial charge in [0.1, 0.15) is 6.54 Å². The molecule has 0 saturated carbocycles. The summed E-state index contributed by atoms with van der Waals surface area (Å²) in [6.07, 6.45) is 3.59. The van der Waals surface area contributed by atoms with Crippen LogP contribution in [-0.4, -0.2) is 64.0 Å². The van der Waals surface area contributed by atoms with E-state index in [9.17, 15) is 14.4 Å². The largest absolute Gasteiger partial charge is 0.340 e. The number of H-pyrrole nitrogens is 1. The van der Waals surface area contributed by atoms with Crippen LogP contribution >= 0.6 is 0 Å². The second kappa shape index (κ2) is 5.55. The van der Waals surface area contributed by atoms with Gasteiger partial charge in [-0.15, -0.1) is 0 Å². The molecule has 2 aliphatic rings. The summed E-state index contributed by atoms with van der Waals surface area (Å²) >= 11 is 0. The first-order valence-corrected chi connectivity index (χ1v) is 7.00. The Morgan fingerprint density at radius 3 is 2.95 bits per heavy atom. The Hall–Kier alpha value is -2.38. The Balaban J connectivity index is 1.62. The van der Waals surface area contributed by atoms with E-state index in [1.165, 1.54) is 0 Å². The van der Waals surface area contributed by atoms with Crippen LogP contribution < -0.4 is 5.32 Å². The minimum Gasteiger partial charge on any atom is -0.340 e. The second-order valence-corrected chi connectivity index (χ2v) is 5.33. The third-order valence-corrected chi connectivity index (χ3v) is 3.97. The lowest BCUT2D eigenvalue weighted by molar-refractivity contribution is -0.137. The highest BCUT2D eigenvalue weighted by Crippen LogP contribution is 2.25. The molecule has 3 rings (SSSR count). The van der Waals surface area contributed by atoms with Gasteiger partial charge >= 0.3 is 6.03 Å². The molecule has 21 heavy (non-hydrogen) atoms. The molecule has 3 heterocycles. The van der Waals surface area contributed by atoms with Gasteiger partial charge in [0.15, 0.2) is 0 Å². The minimum absolute atomic E-state index is 0.0249. The van der Waals surface area contributed by atoms with Gasteiger partial charge in [-0.05, 0) is 18.9 Å². The molecule has 2 fully saturated rings. The van der Waals surface area contributed by atoms with Crippen LogP contribution in [0.5, 0.6) is 0 Å². The summed E-state index contributed by atoms with van der Waals surface area (Å²) in [5.41, 5.74) is 1.02. The average molecular weight is 291 g/mol. The number of carbonyl (C=O) groups is 3. The van der Waals surface area contributed by atoms with Crippen LogP contribution in [0.3, 0.4) is 0 Å². The summed E-state index contributed by atoms with van der Waals surface area (Å²) in [5, 5.41) is 9.29. The van der Waals surface area contributed by atoms with Crippen molar-refractivity contribution >= 4 is 17.8 Å². The monoisotopic (exact) mass is 291 g/mol. The number of hydrogen-bond donors (Lipinski definition) is 2. The average Bonchev–Trinajstić information content (AvgIpc) is 3.13. The number of nitrogens with zero attached hydrogens (tertiary/aromatic N) is 3. The molecule has 0 bridgehead atoms. The number of amides is 4. The molecule has 2 N–H and O–H groups in total. The molecule has 0 aliphatic carbocycles. The minimum atomic E-state index is -0.490. The van der Waals surface area contributed by atoms with Crippen molar-refractivity contribution in [1.29, 1.82) is 0 Å². The molecule has 2 aliphatic heterocycles. The number of rotatable bonds is 3. The van der Waals surface area contributed by atoms with Crippen LogP contribution in [0.1, 0.15) is 24.5 Å². The van der Waals surface area contributed by atoms with Crippen molar-refractivity contribution in [2.24, 2.45) is 0 Å². The normalized spacial score (nSPS) is 22.6. The Morgan fingerprint density at radius 2 is 2.29 bits per heavy atom. The smallest absolute Gasteiger partial charge is 0.325 e. The van der Waals surface area contributed by atoms with Crippen molar-refractivity contribution < 1.29 is 14.4 Å². The third-order valence-electron chi connectivity index (χ3n) is 3.97. The maximum atomic E-state index is 12.3. The Kier molecular flexibility index (Phi) is 3.59. The van der Waals surface area contributed by atoms with E-state index in [1.54, 1.807) is 11.1 Å².